The van der Waals surface area contributed by atoms with Gasteiger partial charge >= 0.3 is 0 Å². The van der Waals surface area contributed by atoms with Crippen LogP contribution in [0.2, 0.25) is 0 Å². The minimum absolute atomic E-state index is 0.301. The number of hydrogen-bond acceptors (Lipinski definition) is 4. The van der Waals surface area contributed by atoms with Gasteiger partial charge in [0.25, 0.3) is 0 Å². The van der Waals surface area contributed by atoms with E-state index in [-0.39, 0.29) is 0 Å². The van der Waals surface area contributed by atoms with Gasteiger partial charge in [-0.15, -0.1) is 0 Å². The lowest BCUT2D eigenvalue weighted by Crippen LogP contribution is -2.31. The third kappa shape index (κ3) is 9.83. The Morgan fingerprint density at radius 2 is 1.06 bits per heavy atom. The van der Waals surface area contributed by atoms with Crippen LogP contribution in [0.25, 0.3) is 0 Å². The van der Waals surface area contributed by atoms with E-state index in [2.05, 4.69) is 0 Å². The zero-order valence-corrected chi connectivity index (χ0v) is 11.9. The Kier molecular flexibility index (Phi) is 13.2. The molecule has 0 heterocycles. The molecule has 0 bridgehead atoms. The molecule has 0 aliphatic rings. The van der Waals surface area contributed by atoms with Crippen LogP contribution in [0.15, 0.2) is 0 Å². The maximum atomic E-state index is 6.27. The normalized spacial score (nSPS) is 14.7. The van der Waals surface area contributed by atoms with Crippen LogP contribution in [-0.2, 0) is 0 Å². The summed E-state index contributed by atoms with van der Waals surface area (Å²) in [4.78, 5) is 0. The first-order valence-corrected chi connectivity index (χ1v) is 7.62. The van der Waals surface area contributed by atoms with Crippen molar-refractivity contribution < 1.29 is 0 Å². The van der Waals surface area contributed by atoms with E-state index in [1.165, 1.54) is 32.1 Å². The monoisotopic (exact) mass is 258 g/mol. The maximum Gasteiger partial charge on any atom is 0.00676 e. The van der Waals surface area contributed by atoms with Gasteiger partial charge in [0.05, 0.1) is 0 Å². The number of hydrogen-bond donors (Lipinski definition) is 4. The molecule has 0 aromatic rings. The second-order valence-electron chi connectivity index (χ2n) is 5.28. The van der Waals surface area contributed by atoms with Crippen LogP contribution >= 0.6 is 0 Å². The molecule has 8 N–H and O–H groups in total. The highest BCUT2D eigenvalue weighted by molar-refractivity contribution is 4.73. The van der Waals surface area contributed by atoms with Gasteiger partial charge in [-0.1, -0.05) is 19.3 Å². The third-order valence-corrected chi connectivity index (χ3v) is 3.66. The van der Waals surface area contributed by atoms with E-state index in [4.69, 9.17) is 22.9 Å². The van der Waals surface area contributed by atoms with Crippen molar-refractivity contribution in [1.29, 1.82) is 0 Å². The van der Waals surface area contributed by atoms with E-state index in [1.54, 1.807) is 0 Å². The number of unbranched alkanes of at least 4 members (excludes halogenated alkanes) is 3. The van der Waals surface area contributed by atoms with Gasteiger partial charge in [-0.05, 0) is 64.1 Å². The summed E-state index contributed by atoms with van der Waals surface area (Å²) in [6, 6.07) is 0.301. The van der Waals surface area contributed by atoms with Crippen LogP contribution in [0.3, 0.4) is 0 Å². The van der Waals surface area contributed by atoms with Gasteiger partial charge in [-0.3, -0.25) is 0 Å². The highest BCUT2D eigenvalue weighted by atomic mass is 14.7. The first-order chi connectivity index (χ1) is 8.76. The van der Waals surface area contributed by atoms with Crippen molar-refractivity contribution >= 4 is 0 Å². The Labute approximate surface area is 113 Å². The van der Waals surface area contributed by atoms with Crippen molar-refractivity contribution in [3.63, 3.8) is 0 Å². The lowest BCUT2D eigenvalue weighted by molar-refractivity contribution is 0.332. The van der Waals surface area contributed by atoms with Crippen molar-refractivity contribution in [2.45, 2.75) is 63.8 Å². The molecule has 0 amide bonds. The van der Waals surface area contributed by atoms with Crippen molar-refractivity contribution in [1.82, 2.24) is 0 Å². The minimum atomic E-state index is 0.301. The fraction of sp³-hybridized carbons (Fsp3) is 1.00. The van der Waals surface area contributed by atoms with Crippen molar-refractivity contribution in [3.05, 3.63) is 0 Å². The minimum Gasteiger partial charge on any atom is -0.330 e. The lowest BCUT2D eigenvalue weighted by Gasteiger charge is -2.24. The van der Waals surface area contributed by atoms with E-state index >= 15 is 0 Å². The third-order valence-electron chi connectivity index (χ3n) is 3.66. The molecule has 0 radical (unpaired) electrons. The zero-order valence-electron chi connectivity index (χ0n) is 11.9. The van der Waals surface area contributed by atoms with Crippen LogP contribution in [0.5, 0.6) is 0 Å². The summed E-state index contributed by atoms with van der Waals surface area (Å²) in [7, 11) is 0. The molecule has 4 heteroatoms. The maximum absolute atomic E-state index is 6.27. The Bertz CT molecular complexity index is 164. The standard InChI is InChI=1S/C14H34N4/c15-10-4-2-1-3-7-13(8-5-11-16)14(18)9-6-12-17/h13-14H,1-12,15-18H2. The van der Waals surface area contributed by atoms with Gasteiger partial charge in [0.1, 0.15) is 0 Å². The molecule has 0 aliphatic carbocycles. The fourth-order valence-corrected chi connectivity index (χ4v) is 2.45. The molecule has 4 nitrogen and oxygen atoms in total. The molecular weight excluding hydrogens is 224 g/mol. The number of rotatable bonds is 13. The summed E-state index contributed by atoms with van der Waals surface area (Å²) < 4.78 is 0. The van der Waals surface area contributed by atoms with Gasteiger partial charge in [0.15, 0.2) is 0 Å². The molecule has 110 valence electrons. The molecule has 0 aromatic carbocycles. The Balaban J connectivity index is 3.82. The smallest absolute Gasteiger partial charge is 0.00676 e. The summed E-state index contributed by atoms with van der Waals surface area (Å²) in [5.74, 6) is 0.623. The molecule has 0 saturated heterocycles. The van der Waals surface area contributed by atoms with E-state index in [0.29, 0.717) is 12.0 Å². The SMILES string of the molecule is NCCCCCCC(CCCN)C(N)CCCN. The predicted molar refractivity (Wildman–Crippen MR) is 80.2 cm³/mol. The largest absolute Gasteiger partial charge is 0.330 e. The van der Waals surface area contributed by atoms with Crippen molar-refractivity contribution in [2.24, 2.45) is 28.9 Å². The summed E-state index contributed by atoms with van der Waals surface area (Å²) >= 11 is 0. The molecule has 0 aliphatic heterocycles. The first kappa shape index (κ1) is 17.8. The highest BCUT2D eigenvalue weighted by Gasteiger charge is 2.16. The van der Waals surface area contributed by atoms with Crippen LogP contribution in [0, 0.1) is 5.92 Å². The van der Waals surface area contributed by atoms with Crippen LogP contribution in [0.1, 0.15) is 57.8 Å². The Morgan fingerprint density at radius 1 is 0.556 bits per heavy atom. The van der Waals surface area contributed by atoms with Crippen molar-refractivity contribution in [3.8, 4) is 0 Å². The summed E-state index contributed by atoms with van der Waals surface area (Å²) in [5.41, 5.74) is 22.9. The van der Waals surface area contributed by atoms with Gasteiger partial charge < -0.3 is 22.9 Å². The molecule has 0 rings (SSSR count). The van der Waals surface area contributed by atoms with Gasteiger partial charge in [0.2, 0.25) is 0 Å². The predicted octanol–water partition coefficient (Wildman–Crippen LogP) is 1.32. The van der Waals surface area contributed by atoms with Crippen LogP contribution < -0.4 is 22.9 Å². The average Bonchev–Trinajstić information content (AvgIpc) is 2.39. The number of nitrogens with two attached hydrogens (primary N) is 4. The zero-order chi connectivity index (χ0) is 13.6. The topological polar surface area (TPSA) is 104 Å². The van der Waals surface area contributed by atoms with E-state index in [9.17, 15) is 0 Å². The molecule has 2 unspecified atom stereocenters. The summed E-state index contributed by atoms with van der Waals surface area (Å²) in [6.07, 6.45) is 10.5. The van der Waals surface area contributed by atoms with Crippen LogP contribution in [0.4, 0.5) is 0 Å². The molecular formula is C14H34N4. The molecule has 0 fully saturated rings. The van der Waals surface area contributed by atoms with Crippen molar-refractivity contribution in [2.75, 3.05) is 19.6 Å². The fourth-order valence-electron chi connectivity index (χ4n) is 2.45. The van der Waals surface area contributed by atoms with Gasteiger partial charge in [0, 0.05) is 6.04 Å². The summed E-state index contributed by atoms with van der Waals surface area (Å²) in [6.45, 7) is 2.33. The molecule has 0 aromatic heterocycles. The quantitative estimate of drug-likeness (QED) is 0.374. The Hall–Kier alpha value is -0.160. The second kappa shape index (κ2) is 13.3. The molecule has 2 atom stereocenters. The van der Waals surface area contributed by atoms with E-state index in [0.717, 1.165) is 45.3 Å². The highest BCUT2D eigenvalue weighted by Crippen LogP contribution is 2.21. The average molecular weight is 258 g/mol. The lowest BCUT2D eigenvalue weighted by atomic mass is 9.87. The molecule has 18 heavy (non-hydrogen) atoms. The van der Waals surface area contributed by atoms with Gasteiger partial charge in [-0.25, -0.2) is 0 Å². The van der Waals surface area contributed by atoms with E-state index < -0.39 is 0 Å². The Morgan fingerprint density at radius 3 is 1.67 bits per heavy atom. The molecule has 0 spiro atoms. The molecule has 0 saturated carbocycles. The van der Waals surface area contributed by atoms with E-state index in [1.807, 2.05) is 0 Å². The first-order valence-electron chi connectivity index (χ1n) is 7.62. The summed E-state index contributed by atoms with van der Waals surface area (Å²) in [5, 5.41) is 0. The van der Waals surface area contributed by atoms with Crippen LogP contribution in [-0.4, -0.2) is 25.7 Å². The second-order valence-corrected chi connectivity index (χ2v) is 5.28. The van der Waals surface area contributed by atoms with Gasteiger partial charge in [-0.2, -0.15) is 0 Å².